The van der Waals surface area contributed by atoms with Crippen LogP contribution in [-0.2, 0) is 23.2 Å². The Balaban J connectivity index is 1.72. The normalized spacial score (nSPS) is 17.3. The van der Waals surface area contributed by atoms with E-state index < -0.39 is 11.8 Å². The number of hydrogen-bond acceptors (Lipinski definition) is 7. The number of nitrogens with zero attached hydrogens (tertiary/aromatic N) is 6. The summed E-state index contributed by atoms with van der Waals surface area (Å²) in [5, 5.41) is 15.4. The number of carbonyl (C=O) groups excluding carboxylic acids is 2. The fourth-order valence-corrected chi connectivity index (χ4v) is 3.72. The molecule has 2 aromatic rings. The van der Waals surface area contributed by atoms with Crippen LogP contribution in [-0.4, -0.2) is 54.3 Å². The molecule has 1 aliphatic rings. The van der Waals surface area contributed by atoms with E-state index in [4.69, 9.17) is 0 Å². The Labute approximate surface area is 153 Å². The van der Waals surface area contributed by atoms with Crippen molar-refractivity contribution in [1.82, 2.24) is 29.4 Å². The van der Waals surface area contributed by atoms with Gasteiger partial charge >= 0.3 is 17.5 Å². The molecular formula is C15H21N7O3S. The van der Waals surface area contributed by atoms with Crippen LogP contribution in [0.1, 0.15) is 36.5 Å². The van der Waals surface area contributed by atoms with Crippen molar-refractivity contribution in [3.63, 3.8) is 0 Å². The van der Waals surface area contributed by atoms with E-state index in [0.29, 0.717) is 35.6 Å². The summed E-state index contributed by atoms with van der Waals surface area (Å²) in [6.45, 7) is 5.03. The molecule has 26 heavy (non-hydrogen) atoms. The molecule has 3 heterocycles. The van der Waals surface area contributed by atoms with Crippen molar-refractivity contribution < 1.29 is 9.59 Å². The molecule has 0 unspecified atom stereocenters. The third kappa shape index (κ3) is 3.52. The van der Waals surface area contributed by atoms with E-state index >= 15 is 0 Å². The van der Waals surface area contributed by atoms with E-state index in [0.717, 1.165) is 12.8 Å². The van der Waals surface area contributed by atoms with Gasteiger partial charge in [0.1, 0.15) is 10.8 Å². The van der Waals surface area contributed by atoms with Crippen LogP contribution in [0.3, 0.4) is 0 Å². The predicted octanol–water partition coefficient (Wildman–Crippen LogP) is 0.106. The third-order valence-electron chi connectivity index (χ3n) is 4.37. The lowest BCUT2D eigenvalue weighted by Gasteiger charge is -2.31. The largest absolute Gasteiger partial charge is 0.345 e. The highest BCUT2D eigenvalue weighted by atomic mass is 32.1. The van der Waals surface area contributed by atoms with Crippen LogP contribution < -0.4 is 11.0 Å². The maximum Gasteiger partial charge on any atom is 0.345 e. The van der Waals surface area contributed by atoms with Crippen molar-refractivity contribution in [1.29, 1.82) is 0 Å². The second-order valence-corrected chi connectivity index (χ2v) is 7.36. The summed E-state index contributed by atoms with van der Waals surface area (Å²) < 4.78 is 2.92. The molecule has 0 aromatic carbocycles. The first-order valence-corrected chi connectivity index (χ1v) is 9.26. The maximum absolute atomic E-state index is 12.5. The van der Waals surface area contributed by atoms with E-state index in [1.165, 1.54) is 20.9 Å². The zero-order valence-electron chi connectivity index (χ0n) is 14.9. The number of carbonyl (C=O) groups is 2. The van der Waals surface area contributed by atoms with Gasteiger partial charge in [-0.25, -0.2) is 9.48 Å². The fraction of sp³-hybridized carbons (Fsp3) is 0.600. The fourth-order valence-electron chi connectivity index (χ4n) is 3.14. The smallest absolute Gasteiger partial charge is 0.334 e. The van der Waals surface area contributed by atoms with Crippen LogP contribution in [0.5, 0.6) is 0 Å². The van der Waals surface area contributed by atoms with Gasteiger partial charge in [-0.05, 0) is 26.7 Å². The molecule has 0 spiro atoms. The molecule has 11 heteroatoms. The first kappa shape index (κ1) is 18.2. The summed E-state index contributed by atoms with van der Waals surface area (Å²) in [5.41, 5.74) is -0.171. The average molecular weight is 379 g/mol. The van der Waals surface area contributed by atoms with Crippen LogP contribution in [0.4, 0.5) is 5.13 Å². The van der Waals surface area contributed by atoms with E-state index in [-0.39, 0.29) is 11.6 Å². The van der Waals surface area contributed by atoms with Gasteiger partial charge in [-0.15, -0.1) is 10.2 Å². The van der Waals surface area contributed by atoms with Gasteiger partial charge in [0.15, 0.2) is 0 Å². The van der Waals surface area contributed by atoms with Crippen LogP contribution in [0.15, 0.2) is 4.79 Å². The number of piperidine rings is 1. The number of rotatable bonds is 3. The molecular weight excluding hydrogens is 358 g/mol. The van der Waals surface area contributed by atoms with Gasteiger partial charge < -0.3 is 4.90 Å². The molecule has 10 nitrogen and oxygen atoms in total. The second-order valence-electron chi connectivity index (χ2n) is 6.18. The summed E-state index contributed by atoms with van der Waals surface area (Å²) in [6.07, 6.45) is 1.56. The Morgan fingerprint density at radius 2 is 2.12 bits per heavy atom. The highest BCUT2D eigenvalue weighted by molar-refractivity contribution is 7.15. The monoisotopic (exact) mass is 379 g/mol. The number of anilines is 1. The van der Waals surface area contributed by atoms with Crippen LogP contribution >= 0.6 is 11.3 Å². The number of amides is 2. The van der Waals surface area contributed by atoms with Gasteiger partial charge in [0.25, 0.3) is 0 Å². The summed E-state index contributed by atoms with van der Waals surface area (Å²) in [6, 6.07) is 0. The van der Waals surface area contributed by atoms with Gasteiger partial charge in [0.05, 0.1) is 0 Å². The van der Waals surface area contributed by atoms with Crippen molar-refractivity contribution in [3.8, 4) is 0 Å². The van der Waals surface area contributed by atoms with Crippen molar-refractivity contribution in [2.75, 3.05) is 18.4 Å². The van der Waals surface area contributed by atoms with Gasteiger partial charge in [-0.2, -0.15) is 5.10 Å². The van der Waals surface area contributed by atoms with E-state index in [2.05, 4.69) is 20.6 Å². The predicted molar refractivity (Wildman–Crippen MR) is 95.0 cm³/mol. The Kier molecular flexibility index (Phi) is 5.16. The molecule has 0 saturated carbocycles. The van der Waals surface area contributed by atoms with E-state index in [1.807, 2.05) is 6.92 Å². The van der Waals surface area contributed by atoms with E-state index in [1.54, 1.807) is 18.5 Å². The molecule has 1 N–H and O–H groups in total. The molecule has 0 bridgehead atoms. The Bertz CT molecular complexity index is 884. The highest BCUT2D eigenvalue weighted by Gasteiger charge is 2.31. The van der Waals surface area contributed by atoms with Crippen LogP contribution in [0.2, 0.25) is 0 Å². The average Bonchev–Trinajstić information content (AvgIpc) is 3.17. The van der Waals surface area contributed by atoms with Gasteiger partial charge in [0, 0.05) is 32.6 Å². The van der Waals surface area contributed by atoms with Crippen molar-refractivity contribution >= 4 is 28.3 Å². The number of aromatic nitrogens is 5. The van der Waals surface area contributed by atoms with Crippen LogP contribution in [0, 0.1) is 6.92 Å². The number of likely N-dealkylation sites (tertiary alicyclic amines) is 1. The minimum atomic E-state index is -0.726. The lowest BCUT2D eigenvalue weighted by molar-refractivity contribution is -0.144. The summed E-state index contributed by atoms with van der Waals surface area (Å²) >= 11 is 1.21. The second kappa shape index (κ2) is 7.36. The first-order chi connectivity index (χ1) is 12.4. The number of aryl methyl sites for hydroxylation is 2. The summed E-state index contributed by atoms with van der Waals surface area (Å²) in [5.74, 6) is -0.740. The quantitative estimate of drug-likeness (QED) is 0.757. The number of hydrogen-bond donors (Lipinski definition) is 1. The van der Waals surface area contributed by atoms with Gasteiger partial charge in [0.2, 0.25) is 5.13 Å². The Morgan fingerprint density at radius 3 is 2.77 bits per heavy atom. The molecule has 140 valence electrons. The van der Waals surface area contributed by atoms with Gasteiger partial charge in [-0.3, -0.25) is 19.5 Å². The molecule has 1 atom stereocenters. The van der Waals surface area contributed by atoms with Crippen molar-refractivity contribution in [2.45, 2.75) is 39.2 Å². The minimum Gasteiger partial charge on any atom is -0.334 e. The zero-order valence-corrected chi connectivity index (χ0v) is 15.7. The SMILES string of the molecule is CCn1c([C@@H]2CCCN(C(=O)C(=O)Nc3nnc(C)s3)C2)nn(C)c1=O. The molecule has 1 aliphatic heterocycles. The summed E-state index contributed by atoms with van der Waals surface area (Å²) in [4.78, 5) is 38.3. The third-order valence-corrected chi connectivity index (χ3v) is 5.12. The molecule has 2 aromatic heterocycles. The van der Waals surface area contributed by atoms with Crippen molar-refractivity contribution in [3.05, 3.63) is 21.3 Å². The molecule has 1 fully saturated rings. The number of nitrogens with one attached hydrogen (secondary N) is 1. The zero-order chi connectivity index (χ0) is 18.8. The molecule has 1 saturated heterocycles. The van der Waals surface area contributed by atoms with Crippen molar-refractivity contribution in [2.24, 2.45) is 7.05 Å². The molecule has 3 rings (SSSR count). The lowest BCUT2D eigenvalue weighted by atomic mass is 9.97. The molecule has 2 amide bonds. The van der Waals surface area contributed by atoms with Gasteiger partial charge in [-0.1, -0.05) is 11.3 Å². The molecule has 0 aliphatic carbocycles. The lowest BCUT2D eigenvalue weighted by Crippen LogP contribution is -2.45. The standard InChI is InChI=1S/C15H21N7O3S/c1-4-22-11(19-20(3)15(22)25)10-6-5-7-21(8-10)13(24)12(23)16-14-18-17-9(2)26-14/h10H,4-8H2,1-3H3,(H,16,18,23)/t10-/m1/s1. The first-order valence-electron chi connectivity index (χ1n) is 8.44. The van der Waals surface area contributed by atoms with E-state index in [9.17, 15) is 14.4 Å². The highest BCUT2D eigenvalue weighted by Crippen LogP contribution is 2.25. The Morgan fingerprint density at radius 1 is 1.35 bits per heavy atom. The summed E-state index contributed by atoms with van der Waals surface area (Å²) in [7, 11) is 1.61. The maximum atomic E-state index is 12.5. The molecule has 0 radical (unpaired) electrons. The Hall–Kier alpha value is -2.56. The topological polar surface area (TPSA) is 115 Å². The van der Waals surface area contributed by atoms with Crippen LogP contribution in [0.25, 0.3) is 0 Å². The minimum absolute atomic E-state index is 0.0712.